The van der Waals surface area contributed by atoms with Crippen LogP contribution in [0.3, 0.4) is 0 Å². The van der Waals surface area contributed by atoms with Crippen LogP contribution in [-0.2, 0) is 23.1 Å². The molecule has 3 aromatic rings. The highest BCUT2D eigenvalue weighted by Crippen LogP contribution is 2.30. The number of hydrogen-bond acceptors (Lipinski definition) is 5. The Morgan fingerprint density at radius 2 is 1.64 bits per heavy atom. The number of halogens is 1. The van der Waals surface area contributed by atoms with Crippen molar-refractivity contribution in [3.05, 3.63) is 71.0 Å². The first kappa shape index (κ1) is 17.8. The fourth-order valence-corrected chi connectivity index (χ4v) is 4.43. The van der Waals surface area contributed by atoms with E-state index in [0.29, 0.717) is 21.7 Å². The molecule has 0 amide bonds. The number of benzene rings is 1. The van der Waals surface area contributed by atoms with Gasteiger partial charge in [0, 0.05) is 0 Å². The van der Waals surface area contributed by atoms with Gasteiger partial charge in [0.05, 0.1) is 42.1 Å². The van der Waals surface area contributed by atoms with Crippen LogP contribution < -0.4 is 4.74 Å². The lowest BCUT2D eigenvalue weighted by Gasteiger charge is -2.20. The molecule has 1 aromatic carbocycles. The average molecular weight is 426 g/mol. The summed E-state index contributed by atoms with van der Waals surface area (Å²) in [5.41, 5.74) is 0. The van der Waals surface area contributed by atoms with Gasteiger partial charge in [-0.3, -0.25) is 0 Å². The zero-order valence-electron chi connectivity index (χ0n) is 13.4. The Morgan fingerprint density at radius 1 is 1.04 bits per heavy atom. The van der Waals surface area contributed by atoms with Gasteiger partial charge in [-0.2, -0.15) is 4.31 Å². The molecule has 0 saturated carbocycles. The number of furan rings is 2. The average Bonchev–Trinajstić information content (AvgIpc) is 3.28. The van der Waals surface area contributed by atoms with Crippen LogP contribution in [0.4, 0.5) is 0 Å². The van der Waals surface area contributed by atoms with Crippen LogP contribution in [0.5, 0.6) is 5.75 Å². The highest BCUT2D eigenvalue weighted by atomic mass is 79.9. The molecule has 0 saturated heterocycles. The van der Waals surface area contributed by atoms with Crippen LogP contribution in [0.1, 0.15) is 11.5 Å². The van der Waals surface area contributed by atoms with E-state index in [1.807, 2.05) is 0 Å². The summed E-state index contributed by atoms with van der Waals surface area (Å²) in [6, 6.07) is 11.5. The highest BCUT2D eigenvalue weighted by molar-refractivity contribution is 9.10. The zero-order chi connectivity index (χ0) is 17.9. The first-order valence-corrected chi connectivity index (χ1v) is 9.62. The molecule has 0 aliphatic carbocycles. The third-order valence-electron chi connectivity index (χ3n) is 3.59. The number of ether oxygens (including phenoxy) is 1. The molecule has 0 spiro atoms. The molecule has 25 heavy (non-hydrogen) atoms. The maximum atomic E-state index is 13.1. The Hall–Kier alpha value is -2.03. The summed E-state index contributed by atoms with van der Waals surface area (Å²) >= 11 is 3.33. The quantitative estimate of drug-likeness (QED) is 0.570. The summed E-state index contributed by atoms with van der Waals surface area (Å²) in [6.45, 7) is 0.194. The largest absolute Gasteiger partial charge is 0.496 e. The molecule has 0 atom stereocenters. The van der Waals surface area contributed by atoms with Crippen molar-refractivity contribution in [2.75, 3.05) is 7.11 Å². The van der Waals surface area contributed by atoms with Crippen LogP contribution in [0.2, 0.25) is 0 Å². The number of sulfonamides is 1. The van der Waals surface area contributed by atoms with E-state index in [0.717, 1.165) is 0 Å². The Bertz CT molecular complexity index is 884. The molecule has 0 bridgehead atoms. The standard InChI is InChI=1S/C17H16BrNO5S/c1-22-17-7-6-15(10-16(17)18)25(20,21)19(11-13-4-2-8-23-13)12-14-5-3-9-24-14/h2-10H,11-12H2,1H3. The minimum atomic E-state index is -3.77. The maximum absolute atomic E-state index is 13.1. The summed E-state index contributed by atoms with van der Waals surface area (Å²) in [5, 5.41) is 0. The molecule has 0 fully saturated rings. The summed E-state index contributed by atoms with van der Waals surface area (Å²) < 4.78 is 43.9. The molecule has 0 unspecified atom stereocenters. The summed E-state index contributed by atoms with van der Waals surface area (Å²) in [5.74, 6) is 1.65. The van der Waals surface area contributed by atoms with E-state index in [1.54, 1.807) is 30.3 Å². The van der Waals surface area contributed by atoms with E-state index in [4.69, 9.17) is 13.6 Å². The Balaban J connectivity index is 1.96. The third-order valence-corrected chi connectivity index (χ3v) is 5.99. The van der Waals surface area contributed by atoms with E-state index in [2.05, 4.69) is 15.9 Å². The molecule has 132 valence electrons. The number of hydrogen-bond donors (Lipinski definition) is 0. The van der Waals surface area contributed by atoms with Crippen LogP contribution in [-0.4, -0.2) is 19.8 Å². The van der Waals surface area contributed by atoms with Gasteiger partial charge in [0.15, 0.2) is 0 Å². The zero-order valence-corrected chi connectivity index (χ0v) is 15.8. The van der Waals surface area contributed by atoms with E-state index in [9.17, 15) is 8.42 Å². The van der Waals surface area contributed by atoms with Crippen molar-refractivity contribution in [1.29, 1.82) is 0 Å². The first-order valence-electron chi connectivity index (χ1n) is 7.39. The minimum absolute atomic E-state index is 0.0969. The maximum Gasteiger partial charge on any atom is 0.243 e. The topological polar surface area (TPSA) is 72.9 Å². The molecule has 0 aliphatic rings. The Morgan fingerprint density at radius 3 is 2.08 bits per heavy atom. The second kappa shape index (κ2) is 7.47. The third kappa shape index (κ3) is 3.97. The van der Waals surface area contributed by atoms with Gasteiger partial charge in [0.25, 0.3) is 0 Å². The Labute approximate surface area is 154 Å². The van der Waals surface area contributed by atoms with Crippen molar-refractivity contribution < 1.29 is 22.0 Å². The number of rotatable bonds is 7. The van der Waals surface area contributed by atoms with Gasteiger partial charge in [-0.05, 0) is 58.4 Å². The van der Waals surface area contributed by atoms with Crippen molar-refractivity contribution in [2.45, 2.75) is 18.0 Å². The van der Waals surface area contributed by atoms with Gasteiger partial charge in [-0.15, -0.1) is 0 Å². The van der Waals surface area contributed by atoms with Crippen LogP contribution in [0.15, 0.2) is 73.2 Å². The lowest BCUT2D eigenvalue weighted by Crippen LogP contribution is -2.30. The van der Waals surface area contributed by atoms with Crippen molar-refractivity contribution in [2.24, 2.45) is 0 Å². The van der Waals surface area contributed by atoms with Gasteiger partial charge in [-0.1, -0.05) is 0 Å². The fourth-order valence-electron chi connectivity index (χ4n) is 2.34. The molecule has 0 aliphatic heterocycles. The van der Waals surface area contributed by atoms with Crippen molar-refractivity contribution in [3.63, 3.8) is 0 Å². The second-order valence-corrected chi connectivity index (χ2v) is 8.02. The van der Waals surface area contributed by atoms with Crippen LogP contribution >= 0.6 is 15.9 Å². The molecule has 3 rings (SSSR count). The van der Waals surface area contributed by atoms with Gasteiger partial charge < -0.3 is 13.6 Å². The van der Waals surface area contributed by atoms with E-state index >= 15 is 0 Å². The summed E-state index contributed by atoms with van der Waals surface area (Å²) in [6.07, 6.45) is 3.02. The molecule has 8 heteroatoms. The monoisotopic (exact) mass is 425 g/mol. The van der Waals surface area contributed by atoms with Gasteiger partial charge >= 0.3 is 0 Å². The smallest absolute Gasteiger partial charge is 0.243 e. The molecule has 2 aromatic heterocycles. The van der Waals surface area contributed by atoms with Crippen LogP contribution in [0, 0.1) is 0 Å². The number of methoxy groups -OCH3 is 1. The van der Waals surface area contributed by atoms with Gasteiger partial charge in [0.1, 0.15) is 17.3 Å². The lowest BCUT2D eigenvalue weighted by atomic mass is 10.3. The van der Waals surface area contributed by atoms with E-state index in [-0.39, 0.29) is 18.0 Å². The highest BCUT2D eigenvalue weighted by Gasteiger charge is 2.27. The summed E-state index contributed by atoms with van der Waals surface area (Å²) in [7, 11) is -2.25. The van der Waals surface area contributed by atoms with E-state index in [1.165, 1.54) is 36.1 Å². The number of nitrogens with zero attached hydrogens (tertiary/aromatic N) is 1. The normalized spacial score (nSPS) is 11.8. The second-order valence-electron chi connectivity index (χ2n) is 5.23. The first-order chi connectivity index (χ1) is 12.0. The molecular weight excluding hydrogens is 410 g/mol. The predicted octanol–water partition coefficient (Wildman–Crippen LogP) is 4.03. The lowest BCUT2D eigenvalue weighted by molar-refractivity contribution is 0.330. The van der Waals surface area contributed by atoms with Crippen molar-refractivity contribution in [3.8, 4) is 5.75 Å². The Kier molecular flexibility index (Phi) is 5.31. The van der Waals surface area contributed by atoms with Gasteiger partial charge in [-0.25, -0.2) is 8.42 Å². The molecule has 0 N–H and O–H groups in total. The molecule has 6 nitrogen and oxygen atoms in total. The predicted molar refractivity (Wildman–Crippen MR) is 94.5 cm³/mol. The molecular formula is C17H16BrNO5S. The van der Waals surface area contributed by atoms with E-state index < -0.39 is 10.0 Å². The fraction of sp³-hybridized carbons (Fsp3) is 0.176. The van der Waals surface area contributed by atoms with Crippen molar-refractivity contribution in [1.82, 2.24) is 4.31 Å². The molecule has 2 heterocycles. The molecule has 0 radical (unpaired) electrons. The van der Waals surface area contributed by atoms with Crippen LogP contribution in [0.25, 0.3) is 0 Å². The summed E-state index contributed by atoms with van der Waals surface area (Å²) in [4.78, 5) is 0.151. The SMILES string of the molecule is COc1ccc(S(=O)(=O)N(Cc2ccco2)Cc2ccco2)cc1Br. The minimum Gasteiger partial charge on any atom is -0.496 e. The van der Waals surface area contributed by atoms with Gasteiger partial charge in [0.2, 0.25) is 10.0 Å². The van der Waals surface area contributed by atoms with Crippen molar-refractivity contribution >= 4 is 26.0 Å².